The standard InChI is InChI=1S/C16H18F3N5O/c17-16(18,19)13-3-1-11(2-4-13)9-24-10-14(22-23-24)21-15(25)12-5-7-20-8-6-12/h1-4,10,12,20H,5-9H2,(H,21,25). The highest BCUT2D eigenvalue weighted by atomic mass is 19.4. The zero-order valence-corrected chi connectivity index (χ0v) is 13.4. The number of piperidine rings is 1. The van der Waals surface area contributed by atoms with Crippen molar-refractivity contribution in [1.29, 1.82) is 0 Å². The second-order valence-corrected chi connectivity index (χ2v) is 6.01. The fourth-order valence-electron chi connectivity index (χ4n) is 2.73. The molecule has 1 saturated heterocycles. The Morgan fingerprint density at radius 3 is 2.56 bits per heavy atom. The monoisotopic (exact) mass is 353 g/mol. The lowest BCUT2D eigenvalue weighted by atomic mass is 9.97. The van der Waals surface area contributed by atoms with E-state index in [9.17, 15) is 18.0 Å². The molecule has 2 N–H and O–H groups in total. The van der Waals surface area contributed by atoms with Crippen LogP contribution >= 0.6 is 0 Å². The number of carbonyl (C=O) groups is 1. The molecule has 2 heterocycles. The summed E-state index contributed by atoms with van der Waals surface area (Å²) in [7, 11) is 0. The number of amides is 1. The summed E-state index contributed by atoms with van der Waals surface area (Å²) in [6.45, 7) is 1.91. The first kappa shape index (κ1) is 17.4. The van der Waals surface area contributed by atoms with Gasteiger partial charge in [0.15, 0.2) is 5.82 Å². The van der Waals surface area contributed by atoms with Gasteiger partial charge in [-0.2, -0.15) is 13.2 Å². The quantitative estimate of drug-likeness (QED) is 0.885. The molecular formula is C16H18F3N5O. The Labute approximate surface area is 142 Å². The normalized spacial score (nSPS) is 16.0. The SMILES string of the molecule is O=C(Nc1cn(Cc2ccc(C(F)(F)F)cc2)nn1)C1CCNCC1. The Bertz CT molecular complexity index is 720. The van der Waals surface area contributed by atoms with E-state index >= 15 is 0 Å². The highest BCUT2D eigenvalue weighted by Gasteiger charge is 2.29. The van der Waals surface area contributed by atoms with Crippen molar-refractivity contribution in [2.45, 2.75) is 25.6 Å². The van der Waals surface area contributed by atoms with Gasteiger partial charge >= 0.3 is 6.18 Å². The molecule has 2 aromatic rings. The Kier molecular flexibility index (Phi) is 5.03. The van der Waals surface area contributed by atoms with Gasteiger partial charge in [-0.3, -0.25) is 4.79 Å². The molecule has 0 spiro atoms. The van der Waals surface area contributed by atoms with Crippen molar-refractivity contribution in [3.05, 3.63) is 41.6 Å². The van der Waals surface area contributed by atoms with Crippen molar-refractivity contribution in [3.63, 3.8) is 0 Å². The molecule has 25 heavy (non-hydrogen) atoms. The molecule has 0 bridgehead atoms. The molecule has 0 saturated carbocycles. The number of alkyl halides is 3. The molecule has 1 aromatic heterocycles. The number of rotatable bonds is 4. The van der Waals surface area contributed by atoms with Crippen molar-refractivity contribution >= 4 is 11.7 Å². The third-order valence-corrected chi connectivity index (χ3v) is 4.13. The molecule has 3 rings (SSSR count). The van der Waals surface area contributed by atoms with Crippen LogP contribution < -0.4 is 10.6 Å². The average molecular weight is 353 g/mol. The van der Waals surface area contributed by atoms with E-state index in [1.54, 1.807) is 6.20 Å². The molecule has 0 aliphatic carbocycles. The minimum Gasteiger partial charge on any atom is -0.317 e. The van der Waals surface area contributed by atoms with E-state index in [1.807, 2.05) is 0 Å². The summed E-state index contributed by atoms with van der Waals surface area (Å²) in [5, 5.41) is 13.7. The zero-order valence-electron chi connectivity index (χ0n) is 13.4. The van der Waals surface area contributed by atoms with Crippen LogP contribution in [-0.2, 0) is 17.5 Å². The fraction of sp³-hybridized carbons (Fsp3) is 0.438. The molecule has 1 fully saturated rings. The Morgan fingerprint density at radius 1 is 1.24 bits per heavy atom. The van der Waals surface area contributed by atoms with Gasteiger partial charge in [-0.05, 0) is 43.6 Å². The highest BCUT2D eigenvalue weighted by Crippen LogP contribution is 2.29. The molecule has 0 atom stereocenters. The summed E-state index contributed by atoms with van der Waals surface area (Å²) in [6, 6.07) is 4.87. The van der Waals surface area contributed by atoms with Gasteiger partial charge in [-0.15, -0.1) is 5.10 Å². The molecule has 1 aromatic carbocycles. The smallest absolute Gasteiger partial charge is 0.317 e. The van der Waals surface area contributed by atoms with Crippen LogP contribution in [0.4, 0.5) is 19.0 Å². The number of carbonyl (C=O) groups excluding carboxylic acids is 1. The third kappa shape index (κ3) is 4.56. The summed E-state index contributed by atoms with van der Waals surface area (Å²) in [5.74, 6) is 0.222. The van der Waals surface area contributed by atoms with Gasteiger partial charge in [-0.25, -0.2) is 4.68 Å². The number of hydrogen-bond donors (Lipinski definition) is 2. The van der Waals surface area contributed by atoms with Crippen molar-refractivity contribution in [2.24, 2.45) is 5.92 Å². The average Bonchev–Trinajstić information content (AvgIpc) is 3.02. The summed E-state index contributed by atoms with van der Waals surface area (Å²) in [4.78, 5) is 12.1. The van der Waals surface area contributed by atoms with Gasteiger partial charge in [0.2, 0.25) is 5.91 Å². The van der Waals surface area contributed by atoms with E-state index < -0.39 is 11.7 Å². The van der Waals surface area contributed by atoms with Gasteiger partial charge in [0.1, 0.15) is 0 Å². The number of anilines is 1. The van der Waals surface area contributed by atoms with Gasteiger partial charge in [0.05, 0.1) is 18.3 Å². The Balaban J connectivity index is 1.59. The molecule has 9 heteroatoms. The lowest BCUT2D eigenvalue weighted by Crippen LogP contribution is -2.34. The lowest BCUT2D eigenvalue weighted by Gasteiger charge is -2.20. The molecule has 1 aliphatic heterocycles. The highest BCUT2D eigenvalue weighted by molar-refractivity contribution is 5.91. The first-order valence-corrected chi connectivity index (χ1v) is 7.99. The number of nitrogens with one attached hydrogen (secondary N) is 2. The van der Waals surface area contributed by atoms with E-state index in [-0.39, 0.29) is 18.4 Å². The summed E-state index contributed by atoms with van der Waals surface area (Å²) in [6.07, 6.45) is -1.22. The maximum atomic E-state index is 12.6. The van der Waals surface area contributed by atoms with E-state index in [1.165, 1.54) is 16.8 Å². The first-order valence-electron chi connectivity index (χ1n) is 7.99. The van der Waals surface area contributed by atoms with E-state index in [2.05, 4.69) is 20.9 Å². The first-order chi connectivity index (χ1) is 11.9. The van der Waals surface area contributed by atoms with Gasteiger partial charge < -0.3 is 10.6 Å². The molecule has 1 amide bonds. The van der Waals surface area contributed by atoms with Crippen molar-refractivity contribution < 1.29 is 18.0 Å². The zero-order chi connectivity index (χ0) is 17.9. The number of halogens is 3. The molecular weight excluding hydrogens is 335 g/mol. The minimum atomic E-state index is -4.35. The van der Waals surface area contributed by atoms with Crippen LogP contribution in [0.25, 0.3) is 0 Å². The molecule has 0 unspecified atom stereocenters. The van der Waals surface area contributed by atoms with Crippen LogP contribution in [0.2, 0.25) is 0 Å². The van der Waals surface area contributed by atoms with Gasteiger partial charge in [0, 0.05) is 5.92 Å². The van der Waals surface area contributed by atoms with E-state index in [0.717, 1.165) is 38.1 Å². The van der Waals surface area contributed by atoms with Gasteiger partial charge in [-0.1, -0.05) is 17.3 Å². The van der Waals surface area contributed by atoms with Crippen LogP contribution in [-0.4, -0.2) is 34.0 Å². The maximum Gasteiger partial charge on any atom is 0.416 e. The third-order valence-electron chi connectivity index (χ3n) is 4.13. The summed E-state index contributed by atoms with van der Waals surface area (Å²) < 4.78 is 39.1. The summed E-state index contributed by atoms with van der Waals surface area (Å²) >= 11 is 0. The van der Waals surface area contributed by atoms with E-state index in [4.69, 9.17) is 0 Å². The van der Waals surface area contributed by atoms with Gasteiger partial charge in [0.25, 0.3) is 0 Å². The molecule has 134 valence electrons. The van der Waals surface area contributed by atoms with Crippen LogP contribution in [0.3, 0.4) is 0 Å². The molecule has 6 nitrogen and oxygen atoms in total. The minimum absolute atomic E-state index is 0.0405. The summed E-state index contributed by atoms with van der Waals surface area (Å²) in [5.41, 5.74) is -0.0288. The largest absolute Gasteiger partial charge is 0.416 e. The van der Waals surface area contributed by atoms with Crippen LogP contribution in [0.1, 0.15) is 24.0 Å². The predicted octanol–water partition coefficient (Wildman–Crippen LogP) is 2.28. The number of nitrogens with zero attached hydrogens (tertiary/aromatic N) is 3. The van der Waals surface area contributed by atoms with Crippen LogP contribution in [0.5, 0.6) is 0 Å². The maximum absolute atomic E-state index is 12.6. The second kappa shape index (κ2) is 7.22. The molecule has 0 radical (unpaired) electrons. The predicted molar refractivity (Wildman–Crippen MR) is 84.8 cm³/mol. The topological polar surface area (TPSA) is 71.8 Å². The fourth-order valence-corrected chi connectivity index (χ4v) is 2.73. The number of hydrogen-bond acceptors (Lipinski definition) is 4. The van der Waals surface area contributed by atoms with Crippen molar-refractivity contribution in [2.75, 3.05) is 18.4 Å². The Morgan fingerprint density at radius 2 is 1.92 bits per heavy atom. The second-order valence-electron chi connectivity index (χ2n) is 6.01. The number of aromatic nitrogens is 3. The van der Waals surface area contributed by atoms with Crippen molar-refractivity contribution in [1.82, 2.24) is 20.3 Å². The molecule has 1 aliphatic rings. The number of benzene rings is 1. The Hall–Kier alpha value is -2.42. The van der Waals surface area contributed by atoms with E-state index in [0.29, 0.717) is 11.4 Å². The van der Waals surface area contributed by atoms with Crippen LogP contribution in [0.15, 0.2) is 30.5 Å². The van der Waals surface area contributed by atoms with Crippen LogP contribution in [0, 0.1) is 5.92 Å². The lowest BCUT2D eigenvalue weighted by molar-refractivity contribution is -0.137. The van der Waals surface area contributed by atoms with Crippen molar-refractivity contribution in [3.8, 4) is 0 Å².